The van der Waals surface area contributed by atoms with Gasteiger partial charge in [-0.25, -0.2) is 23.9 Å². The van der Waals surface area contributed by atoms with E-state index in [1.807, 2.05) is 30.6 Å². The van der Waals surface area contributed by atoms with Gasteiger partial charge in [-0.1, -0.05) is 12.1 Å². The normalized spacial score (nSPS) is 17.4. The molecule has 2 aliphatic rings. The van der Waals surface area contributed by atoms with Gasteiger partial charge >= 0.3 is 24.3 Å². The van der Waals surface area contributed by atoms with E-state index >= 15 is 0 Å². The van der Waals surface area contributed by atoms with Gasteiger partial charge in [0.1, 0.15) is 5.82 Å². The Morgan fingerprint density at radius 2 is 1.21 bits per heavy atom. The molecule has 0 atom stereocenters. The quantitative estimate of drug-likeness (QED) is 0.511. The standard InChI is InChI=1S/C20H25FN4.2C2HF3O2/c21-18-4-2-17(3-5-18)16-24-12-6-20(7-13-24)8-14-25(15-9-20)19-22-10-1-11-23-19;2*3-2(4,5)1(6)7/h1-5,10-11H,6-9,12-16H2;2*(H,6,7). The molecule has 0 unspecified atom stereocenters. The first-order valence-corrected chi connectivity index (χ1v) is 11.7. The zero-order valence-electron chi connectivity index (χ0n) is 20.6. The Balaban J connectivity index is 0.000000317. The van der Waals surface area contributed by atoms with Crippen LogP contribution in [-0.2, 0) is 16.1 Å². The Morgan fingerprint density at radius 3 is 1.62 bits per heavy atom. The van der Waals surface area contributed by atoms with E-state index in [0.29, 0.717) is 5.41 Å². The highest BCUT2D eigenvalue weighted by atomic mass is 19.4. The van der Waals surface area contributed by atoms with E-state index in [9.17, 15) is 30.7 Å². The number of aromatic nitrogens is 2. The minimum atomic E-state index is -5.08. The average Bonchev–Trinajstić information content (AvgIpc) is 2.87. The second-order valence-electron chi connectivity index (χ2n) is 9.04. The lowest BCUT2D eigenvalue weighted by molar-refractivity contribution is -0.193. The summed E-state index contributed by atoms with van der Waals surface area (Å²) >= 11 is 0. The fourth-order valence-electron chi connectivity index (χ4n) is 4.17. The number of rotatable bonds is 3. The molecule has 39 heavy (non-hydrogen) atoms. The van der Waals surface area contributed by atoms with Crippen LogP contribution in [0.3, 0.4) is 0 Å². The summed E-state index contributed by atoms with van der Waals surface area (Å²) < 4.78 is 76.5. The van der Waals surface area contributed by atoms with Crippen LogP contribution in [0.5, 0.6) is 0 Å². The summed E-state index contributed by atoms with van der Waals surface area (Å²) in [6.07, 6.45) is -1.54. The molecule has 0 amide bonds. The molecule has 1 spiro atoms. The molecule has 1 aromatic heterocycles. The van der Waals surface area contributed by atoms with Crippen molar-refractivity contribution in [2.75, 3.05) is 31.1 Å². The van der Waals surface area contributed by atoms with Gasteiger partial charge in [0.15, 0.2) is 0 Å². The second kappa shape index (κ2) is 13.5. The third-order valence-corrected chi connectivity index (χ3v) is 6.38. The van der Waals surface area contributed by atoms with E-state index in [-0.39, 0.29) is 5.82 Å². The maximum Gasteiger partial charge on any atom is 0.490 e. The Hall–Kier alpha value is -3.49. The van der Waals surface area contributed by atoms with Crippen LogP contribution >= 0.6 is 0 Å². The zero-order valence-corrected chi connectivity index (χ0v) is 20.6. The maximum absolute atomic E-state index is 13.0. The Bertz CT molecular complexity index is 1020. The number of carboxylic acid groups (broad SMARTS) is 2. The van der Waals surface area contributed by atoms with Crippen molar-refractivity contribution in [1.29, 1.82) is 0 Å². The number of benzene rings is 1. The van der Waals surface area contributed by atoms with Crippen LogP contribution in [0.2, 0.25) is 0 Å². The third-order valence-electron chi connectivity index (χ3n) is 6.38. The van der Waals surface area contributed by atoms with Gasteiger partial charge in [-0.2, -0.15) is 26.3 Å². The number of carbonyl (C=O) groups is 2. The number of likely N-dealkylation sites (tertiary alicyclic amines) is 1. The Labute approximate surface area is 219 Å². The molecule has 0 aliphatic carbocycles. The van der Waals surface area contributed by atoms with E-state index in [2.05, 4.69) is 19.8 Å². The molecule has 2 aliphatic heterocycles. The average molecular weight is 568 g/mol. The molecular weight excluding hydrogens is 541 g/mol. The molecule has 1 aromatic carbocycles. The number of halogens is 7. The van der Waals surface area contributed by atoms with Gasteiger partial charge in [-0.3, -0.25) is 4.90 Å². The summed E-state index contributed by atoms with van der Waals surface area (Å²) in [7, 11) is 0. The first-order chi connectivity index (χ1) is 18.1. The SMILES string of the molecule is Fc1ccc(CN2CCC3(CC2)CCN(c2ncccn2)CC3)cc1.O=C(O)C(F)(F)F.O=C(O)C(F)(F)F. The molecule has 4 rings (SSSR count). The van der Waals surface area contributed by atoms with Crippen LogP contribution in [0, 0.1) is 11.2 Å². The lowest BCUT2D eigenvalue weighted by atomic mass is 9.71. The van der Waals surface area contributed by atoms with Gasteiger partial charge in [-0.05, 0) is 68.0 Å². The van der Waals surface area contributed by atoms with Crippen LogP contribution in [0.15, 0.2) is 42.7 Å². The number of aliphatic carboxylic acids is 2. The molecule has 2 saturated heterocycles. The minimum Gasteiger partial charge on any atom is -0.475 e. The van der Waals surface area contributed by atoms with Gasteiger partial charge in [-0.15, -0.1) is 0 Å². The van der Waals surface area contributed by atoms with E-state index < -0.39 is 24.3 Å². The second-order valence-corrected chi connectivity index (χ2v) is 9.04. The van der Waals surface area contributed by atoms with Crippen LogP contribution in [0.4, 0.5) is 36.7 Å². The molecular formula is C24H27F7N4O4. The highest BCUT2D eigenvalue weighted by molar-refractivity contribution is 5.73. The molecule has 2 N–H and O–H groups in total. The predicted molar refractivity (Wildman–Crippen MR) is 124 cm³/mol. The number of anilines is 1. The van der Waals surface area contributed by atoms with E-state index in [0.717, 1.165) is 38.7 Å². The van der Waals surface area contributed by atoms with Gasteiger partial charge < -0.3 is 15.1 Å². The summed E-state index contributed by atoms with van der Waals surface area (Å²) in [6.45, 7) is 5.32. The predicted octanol–water partition coefficient (Wildman–Crippen LogP) is 4.76. The van der Waals surface area contributed by atoms with Crippen molar-refractivity contribution in [3.8, 4) is 0 Å². The van der Waals surface area contributed by atoms with Crippen molar-refractivity contribution in [3.05, 3.63) is 54.1 Å². The number of carboxylic acids is 2. The largest absolute Gasteiger partial charge is 0.490 e. The number of alkyl halides is 6. The molecule has 2 fully saturated rings. The van der Waals surface area contributed by atoms with Crippen molar-refractivity contribution in [2.24, 2.45) is 5.41 Å². The van der Waals surface area contributed by atoms with Crippen molar-refractivity contribution < 1.29 is 50.5 Å². The summed E-state index contributed by atoms with van der Waals surface area (Å²) in [5.41, 5.74) is 1.69. The smallest absolute Gasteiger partial charge is 0.475 e. The van der Waals surface area contributed by atoms with E-state index in [1.165, 1.54) is 31.2 Å². The lowest BCUT2D eigenvalue weighted by Gasteiger charge is -2.47. The third kappa shape index (κ3) is 10.7. The number of hydrogen-bond acceptors (Lipinski definition) is 6. The molecule has 2 aromatic rings. The summed E-state index contributed by atoms with van der Waals surface area (Å²) in [6, 6.07) is 8.78. The molecule has 15 heteroatoms. The van der Waals surface area contributed by atoms with Crippen LogP contribution in [0.1, 0.15) is 31.2 Å². The Kier molecular flexibility index (Phi) is 11.0. The highest BCUT2D eigenvalue weighted by Gasteiger charge is 2.39. The summed E-state index contributed by atoms with van der Waals surface area (Å²) in [4.78, 5) is 31.4. The van der Waals surface area contributed by atoms with Gasteiger partial charge in [0.25, 0.3) is 0 Å². The van der Waals surface area contributed by atoms with E-state index in [4.69, 9.17) is 19.8 Å². The number of piperidine rings is 2. The highest BCUT2D eigenvalue weighted by Crippen LogP contribution is 2.41. The monoisotopic (exact) mass is 568 g/mol. The topological polar surface area (TPSA) is 107 Å². The number of hydrogen-bond donors (Lipinski definition) is 2. The van der Waals surface area contributed by atoms with Crippen molar-refractivity contribution >= 4 is 17.9 Å². The first kappa shape index (κ1) is 31.7. The molecule has 0 saturated carbocycles. The van der Waals surface area contributed by atoms with E-state index in [1.54, 1.807) is 12.1 Å². The molecule has 8 nitrogen and oxygen atoms in total. The summed E-state index contributed by atoms with van der Waals surface area (Å²) in [5.74, 6) is -4.80. The maximum atomic E-state index is 13.0. The van der Waals surface area contributed by atoms with Crippen molar-refractivity contribution in [2.45, 2.75) is 44.6 Å². The molecule has 0 radical (unpaired) electrons. The lowest BCUT2D eigenvalue weighted by Crippen LogP contribution is -2.47. The fourth-order valence-corrected chi connectivity index (χ4v) is 4.17. The van der Waals surface area contributed by atoms with Gasteiger partial charge in [0.2, 0.25) is 5.95 Å². The van der Waals surface area contributed by atoms with Crippen LogP contribution in [-0.4, -0.2) is 75.6 Å². The molecule has 3 heterocycles. The van der Waals surface area contributed by atoms with Gasteiger partial charge in [0.05, 0.1) is 0 Å². The minimum absolute atomic E-state index is 0.157. The van der Waals surface area contributed by atoms with Gasteiger partial charge in [0, 0.05) is 32.0 Å². The Morgan fingerprint density at radius 1 is 0.795 bits per heavy atom. The zero-order chi connectivity index (χ0) is 29.3. The molecule has 0 bridgehead atoms. The molecule has 216 valence electrons. The van der Waals surface area contributed by atoms with Crippen LogP contribution < -0.4 is 4.90 Å². The fraction of sp³-hybridized carbons (Fsp3) is 0.500. The van der Waals surface area contributed by atoms with Crippen molar-refractivity contribution in [3.63, 3.8) is 0 Å². The van der Waals surface area contributed by atoms with Crippen LogP contribution in [0.25, 0.3) is 0 Å². The number of nitrogens with zero attached hydrogens (tertiary/aromatic N) is 4. The first-order valence-electron chi connectivity index (χ1n) is 11.7. The summed E-state index contributed by atoms with van der Waals surface area (Å²) in [5, 5.41) is 14.2. The van der Waals surface area contributed by atoms with Crippen molar-refractivity contribution in [1.82, 2.24) is 14.9 Å².